The first-order chi connectivity index (χ1) is 19.3. The molecule has 3 heterocycles. The summed E-state index contributed by atoms with van der Waals surface area (Å²) in [5.41, 5.74) is 4.39. The first-order valence-corrected chi connectivity index (χ1v) is 13.5. The zero-order chi connectivity index (χ0) is 26.7. The molecule has 1 saturated heterocycles. The molecule has 2 aromatic heterocycles. The van der Waals surface area contributed by atoms with Gasteiger partial charge in [0, 0.05) is 44.3 Å². The van der Waals surface area contributed by atoms with Crippen LogP contribution in [-0.2, 0) is 33.9 Å². The van der Waals surface area contributed by atoms with Crippen LogP contribution in [0.2, 0.25) is 0 Å². The third kappa shape index (κ3) is 8.00. The van der Waals surface area contributed by atoms with Gasteiger partial charge in [-0.25, -0.2) is 4.98 Å². The van der Waals surface area contributed by atoms with E-state index in [2.05, 4.69) is 62.5 Å². The second kappa shape index (κ2) is 14.0. The number of benzene rings is 2. The number of fused-ring (bicyclic) bond motifs is 1. The van der Waals surface area contributed by atoms with Crippen molar-refractivity contribution in [2.24, 2.45) is 0 Å². The predicted molar refractivity (Wildman–Crippen MR) is 151 cm³/mol. The lowest BCUT2D eigenvalue weighted by molar-refractivity contribution is 0.00583. The number of ether oxygens (including phenoxy) is 4. The average molecular weight is 532 g/mol. The Morgan fingerprint density at radius 1 is 0.897 bits per heavy atom. The van der Waals surface area contributed by atoms with Crippen molar-refractivity contribution in [3.05, 3.63) is 83.7 Å². The maximum absolute atomic E-state index is 5.83. The minimum atomic E-state index is 0.506. The topological polar surface area (TPSA) is 85.0 Å². The smallest absolute Gasteiger partial charge is 0.129 e. The molecule has 4 aromatic rings. The number of aromatic nitrogens is 3. The Balaban J connectivity index is 1.15. The molecule has 0 radical (unpaired) electrons. The van der Waals surface area contributed by atoms with Crippen molar-refractivity contribution >= 4 is 16.7 Å². The third-order valence-corrected chi connectivity index (χ3v) is 6.82. The van der Waals surface area contributed by atoms with Crippen LogP contribution >= 0.6 is 0 Å². The van der Waals surface area contributed by atoms with Gasteiger partial charge in [-0.15, -0.1) is 0 Å². The number of nitrogens with zero attached hydrogens (tertiary/aromatic N) is 4. The van der Waals surface area contributed by atoms with Crippen molar-refractivity contribution in [3.8, 4) is 5.75 Å². The summed E-state index contributed by atoms with van der Waals surface area (Å²) in [6.07, 6.45) is 3.73. The molecule has 0 spiro atoms. The molecular formula is C30H37N5O4. The Labute approximate surface area is 229 Å². The van der Waals surface area contributed by atoms with Gasteiger partial charge < -0.3 is 23.8 Å². The molecule has 1 aliphatic heterocycles. The van der Waals surface area contributed by atoms with Gasteiger partial charge in [0.2, 0.25) is 0 Å². The summed E-state index contributed by atoms with van der Waals surface area (Å²) in [4.78, 5) is 9.42. The van der Waals surface area contributed by atoms with E-state index in [4.69, 9.17) is 23.9 Å². The molecule has 1 N–H and O–H groups in total. The van der Waals surface area contributed by atoms with Gasteiger partial charge in [-0.05, 0) is 41.0 Å². The zero-order valence-corrected chi connectivity index (χ0v) is 22.6. The van der Waals surface area contributed by atoms with Crippen LogP contribution in [0.15, 0.2) is 67.0 Å². The number of rotatable bonds is 14. The Hall–Kier alpha value is -3.50. The number of morpholine rings is 1. The molecule has 0 amide bonds. The summed E-state index contributed by atoms with van der Waals surface area (Å²) < 4.78 is 22.4. The molecule has 9 nitrogen and oxygen atoms in total. The van der Waals surface area contributed by atoms with Gasteiger partial charge in [0.1, 0.15) is 11.6 Å². The summed E-state index contributed by atoms with van der Waals surface area (Å²) in [7, 11) is 1.69. The van der Waals surface area contributed by atoms with E-state index in [0.717, 1.165) is 73.1 Å². The van der Waals surface area contributed by atoms with Crippen LogP contribution < -0.4 is 9.64 Å². The number of hydrogen-bond acceptors (Lipinski definition) is 8. The molecule has 0 bridgehead atoms. The number of nitrogens with one attached hydrogen (secondary N) is 1. The van der Waals surface area contributed by atoms with Gasteiger partial charge in [-0.3, -0.25) is 10.00 Å². The van der Waals surface area contributed by atoms with Crippen molar-refractivity contribution in [2.45, 2.75) is 19.7 Å². The first-order valence-electron chi connectivity index (χ1n) is 13.5. The van der Waals surface area contributed by atoms with Crippen molar-refractivity contribution in [3.63, 3.8) is 0 Å². The summed E-state index contributed by atoms with van der Waals surface area (Å²) in [6.45, 7) is 8.32. The number of hydrogen-bond donors (Lipinski definition) is 1. The van der Waals surface area contributed by atoms with E-state index in [1.54, 1.807) is 7.11 Å². The van der Waals surface area contributed by atoms with Gasteiger partial charge >= 0.3 is 0 Å². The van der Waals surface area contributed by atoms with Crippen molar-refractivity contribution in [1.82, 2.24) is 20.1 Å². The first kappa shape index (κ1) is 27.1. The number of anilines is 1. The largest absolute Gasteiger partial charge is 0.497 e. The molecule has 0 unspecified atom stereocenters. The fourth-order valence-corrected chi connectivity index (χ4v) is 4.63. The Morgan fingerprint density at radius 2 is 1.72 bits per heavy atom. The predicted octanol–water partition coefficient (Wildman–Crippen LogP) is 4.04. The summed E-state index contributed by atoms with van der Waals surface area (Å²) in [5, 5.41) is 8.32. The van der Waals surface area contributed by atoms with Crippen molar-refractivity contribution < 1.29 is 18.9 Å². The lowest BCUT2D eigenvalue weighted by Gasteiger charge is -2.26. The van der Waals surface area contributed by atoms with E-state index >= 15 is 0 Å². The highest BCUT2D eigenvalue weighted by atomic mass is 16.5. The van der Waals surface area contributed by atoms with Gasteiger partial charge in [-0.1, -0.05) is 30.3 Å². The average Bonchev–Trinajstić information content (AvgIpc) is 3.45. The fraction of sp³-hybridized carbons (Fsp3) is 0.400. The molecular weight excluding hydrogens is 494 g/mol. The second-order valence-electron chi connectivity index (χ2n) is 9.64. The van der Waals surface area contributed by atoms with Crippen LogP contribution in [0.25, 0.3) is 10.9 Å². The summed E-state index contributed by atoms with van der Waals surface area (Å²) in [6, 6.07) is 18.7. The zero-order valence-electron chi connectivity index (χ0n) is 22.6. The lowest BCUT2D eigenvalue weighted by atomic mass is 10.1. The maximum atomic E-state index is 5.83. The maximum Gasteiger partial charge on any atom is 0.129 e. The Morgan fingerprint density at radius 3 is 2.54 bits per heavy atom. The normalized spacial score (nSPS) is 14.1. The third-order valence-electron chi connectivity index (χ3n) is 6.82. The number of H-pyrrole nitrogens is 1. The van der Waals surface area contributed by atoms with Crippen LogP contribution in [0, 0.1) is 0 Å². The van der Waals surface area contributed by atoms with E-state index in [0.29, 0.717) is 32.9 Å². The van der Waals surface area contributed by atoms with E-state index < -0.39 is 0 Å². The highest BCUT2D eigenvalue weighted by Gasteiger charge is 2.12. The van der Waals surface area contributed by atoms with E-state index in [1.807, 2.05) is 24.5 Å². The molecule has 9 heteroatoms. The second-order valence-corrected chi connectivity index (χ2v) is 9.64. The molecule has 1 fully saturated rings. The number of aromatic amines is 1. The van der Waals surface area contributed by atoms with Crippen LogP contribution in [0.1, 0.15) is 16.7 Å². The quantitative estimate of drug-likeness (QED) is 0.244. The molecule has 39 heavy (non-hydrogen) atoms. The van der Waals surface area contributed by atoms with Crippen LogP contribution in [-0.4, -0.2) is 79.9 Å². The monoisotopic (exact) mass is 531 g/mol. The highest BCUT2D eigenvalue weighted by molar-refractivity contribution is 5.78. The minimum absolute atomic E-state index is 0.506. The minimum Gasteiger partial charge on any atom is -0.497 e. The standard InChI is InChI=1S/C30H37N5O4/c1-36-28-4-2-3-24(17-28)21-35(22-25-5-7-27-20-32-33-29(27)18-25)30-8-6-26(19-31-30)23-39-16-15-38-14-11-34-9-12-37-13-10-34/h2-8,17-20H,9-16,21-23H2,1H3,(H,32,33). The van der Waals surface area contributed by atoms with Crippen LogP contribution in [0.5, 0.6) is 5.75 Å². The molecule has 1 aliphatic rings. The molecule has 0 aliphatic carbocycles. The van der Waals surface area contributed by atoms with E-state index in [1.165, 1.54) is 5.56 Å². The number of pyridine rings is 1. The summed E-state index contributed by atoms with van der Waals surface area (Å²) in [5.74, 6) is 1.74. The molecule has 0 atom stereocenters. The molecule has 206 valence electrons. The molecule has 0 saturated carbocycles. The van der Waals surface area contributed by atoms with Crippen molar-refractivity contribution in [1.29, 1.82) is 0 Å². The van der Waals surface area contributed by atoms with E-state index in [9.17, 15) is 0 Å². The molecule has 5 rings (SSSR count). The Kier molecular flexibility index (Phi) is 9.75. The van der Waals surface area contributed by atoms with Crippen LogP contribution in [0.3, 0.4) is 0 Å². The molecule has 2 aromatic carbocycles. The van der Waals surface area contributed by atoms with Gasteiger partial charge in [0.25, 0.3) is 0 Å². The van der Waals surface area contributed by atoms with Gasteiger partial charge in [-0.2, -0.15) is 5.10 Å². The van der Waals surface area contributed by atoms with Crippen molar-refractivity contribution in [2.75, 3.05) is 64.7 Å². The summed E-state index contributed by atoms with van der Waals surface area (Å²) >= 11 is 0. The fourth-order valence-electron chi connectivity index (χ4n) is 4.63. The SMILES string of the molecule is COc1cccc(CN(Cc2ccc3cn[nH]c3c2)c2ccc(COCCOCCN3CCOCC3)cn2)c1. The van der Waals surface area contributed by atoms with Gasteiger partial charge in [0.05, 0.1) is 58.5 Å². The lowest BCUT2D eigenvalue weighted by Crippen LogP contribution is -2.38. The van der Waals surface area contributed by atoms with Crippen LogP contribution in [0.4, 0.5) is 5.82 Å². The number of methoxy groups -OCH3 is 1. The van der Waals surface area contributed by atoms with E-state index in [-0.39, 0.29) is 0 Å². The highest BCUT2D eigenvalue weighted by Crippen LogP contribution is 2.22. The van der Waals surface area contributed by atoms with Gasteiger partial charge in [0.15, 0.2) is 0 Å². The Bertz CT molecular complexity index is 1290.